The Morgan fingerprint density at radius 3 is 1.62 bits per heavy atom. The molecule has 0 aliphatic heterocycles. The molecule has 0 heterocycles. The van der Waals surface area contributed by atoms with Gasteiger partial charge in [0.2, 0.25) is 0 Å². The van der Waals surface area contributed by atoms with Gasteiger partial charge in [0.05, 0.1) is 0 Å². The molecule has 0 saturated carbocycles. The molecule has 98 valence electrons. The quantitative estimate of drug-likeness (QED) is 0.642. The van der Waals surface area contributed by atoms with Crippen LogP contribution in [0, 0.1) is 11.3 Å². The van der Waals surface area contributed by atoms with Gasteiger partial charge in [-0.1, -0.05) is 34.6 Å². The third-order valence-corrected chi connectivity index (χ3v) is 4.19. The average molecular weight is 227 g/mol. The van der Waals surface area contributed by atoms with Gasteiger partial charge in [0.15, 0.2) is 0 Å². The van der Waals surface area contributed by atoms with Crippen molar-refractivity contribution in [2.24, 2.45) is 11.3 Å². The Hall–Kier alpha value is -0.0400. The van der Waals surface area contributed by atoms with Gasteiger partial charge in [-0.2, -0.15) is 0 Å². The summed E-state index contributed by atoms with van der Waals surface area (Å²) in [7, 11) is 0. The number of hydrogen-bond donors (Lipinski definition) is 0. The molecule has 1 heteroatoms. The number of hydrogen-bond acceptors (Lipinski definition) is 1. The highest BCUT2D eigenvalue weighted by Crippen LogP contribution is 2.38. The van der Waals surface area contributed by atoms with E-state index in [1.807, 2.05) is 0 Å². The van der Waals surface area contributed by atoms with E-state index in [1.54, 1.807) is 0 Å². The molecule has 0 aromatic rings. The minimum absolute atomic E-state index is 0.288. The fraction of sp³-hybridized carbons (Fsp3) is 1.00. The Morgan fingerprint density at radius 1 is 0.938 bits per heavy atom. The minimum Gasteiger partial charge on any atom is -0.296 e. The van der Waals surface area contributed by atoms with Crippen LogP contribution in [0.1, 0.15) is 68.7 Å². The van der Waals surface area contributed by atoms with E-state index in [9.17, 15) is 0 Å². The maximum absolute atomic E-state index is 2.61. The molecular weight excluding hydrogens is 194 g/mol. The Labute approximate surface area is 104 Å². The van der Waals surface area contributed by atoms with Gasteiger partial charge in [-0.25, -0.2) is 0 Å². The summed E-state index contributed by atoms with van der Waals surface area (Å²) in [4.78, 5) is 2.61. The molecule has 0 atom stereocenters. The van der Waals surface area contributed by atoms with Crippen LogP contribution in [0.3, 0.4) is 0 Å². The van der Waals surface area contributed by atoms with Crippen molar-refractivity contribution in [3.05, 3.63) is 0 Å². The van der Waals surface area contributed by atoms with Crippen LogP contribution in [0.25, 0.3) is 0 Å². The standard InChI is InChI=1S/C15H33N/c1-10-16(13(4)5)15(8,9)11-14(6,7)12(2)3/h12-13H,10-11H2,1-9H3. The molecule has 0 aliphatic carbocycles. The van der Waals surface area contributed by atoms with E-state index in [1.165, 1.54) is 6.42 Å². The molecule has 0 amide bonds. The summed E-state index contributed by atoms with van der Waals surface area (Å²) in [5.41, 5.74) is 0.697. The second-order valence-electron chi connectivity index (χ2n) is 7.01. The van der Waals surface area contributed by atoms with Crippen LogP contribution >= 0.6 is 0 Å². The van der Waals surface area contributed by atoms with E-state index < -0.39 is 0 Å². The molecule has 0 aliphatic rings. The van der Waals surface area contributed by atoms with E-state index in [-0.39, 0.29) is 5.54 Å². The summed E-state index contributed by atoms with van der Waals surface area (Å²) in [6.07, 6.45) is 1.25. The molecule has 0 spiro atoms. The molecule has 1 nitrogen and oxygen atoms in total. The molecule has 0 unspecified atom stereocenters. The highest BCUT2D eigenvalue weighted by Gasteiger charge is 2.35. The van der Waals surface area contributed by atoms with Crippen LogP contribution in [0.5, 0.6) is 0 Å². The maximum Gasteiger partial charge on any atom is 0.0161 e. The van der Waals surface area contributed by atoms with E-state index in [0.29, 0.717) is 11.5 Å². The van der Waals surface area contributed by atoms with Crippen LogP contribution < -0.4 is 0 Å². The van der Waals surface area contributed by atoms with E-state index >= 15 is 0 Å². The van der Waals surface area contributed by atoms with E-state index in [0.717, 1.165) is 12.5 Å². The largest absolute Gasteiger partial charge is 0.296 e. The first-order chi connectivity index (χ1) is 7.04. The van der Waals surface area contributed by atoms with Crippen molar-refractivity contribution in [2.75, 3.05) is 6.54 Å². The smallest absolute Gasteiger partial charge is 0.0161 e. The van der Waals surface area contributed by atoms with Crippen molar-refractivity contribution in [1.29, 1.82) is 0 Å². The Balaban J connectivity index is 4.79. The molecule has 0 N–H and O–H groups in total. The van der Waals surface area contributed by atoms with Gasteiger partial charge in [-0.05, 0) is 52.0 Å². The predicted octanol–water partition coefficient (Wildman–Crippen LogP) is 4.57. The molecule has 0 rings (SSSR count). The lowest BCUT2D eigenvalue weighted by Crippen LogP contribution is -2.50. The SMILES string of the molecule is CCN(C(C)C)C(C)(C)CC(C)(C)C(C)C. The average Bonchev–Trinajstić information content (AvgIpc) is 2.00. The first-order valence-corrected chi connectivity index (χ1v) is 6.81. The summed E-state index contributed by atoms with van der Waals surface area (Å²) >= 11 is 0. The zero-order valence-corrected chi connectivity index (χ0v) is 13.0. The molecule has 0 radical (unpaired) electrons. The molecule has 0 fully saturated rings. The lowest BCUT2D eigenvalue weighted by Gasteiger charge is -2.46. The van der Waals surface area contributed by atoms with Crippen LogP contribution in [0.2, 0.25) is 0 Å². The van der Waals surface area contributed by atoms with Crippen molar-refractivity contribution >= 4 is 0 Å². The maximum atomic E-state index is 2.61. The van der Waals surface area contributed by atoms with Crippen molar-refractivity contribution in [3.63, 3.8) is 0 Å². The summed E-state index contributed by atoms with van der Waals surface area (Å²) in [6.45, 7) is 22.2. The summed E-state index contributed by atoms with van der Waals surface area (Å²) in [6, 6.07) is 0.628. The fourth-order valence-electron chi connectivity index (χ4n) is 2.91. The Morgan fingerprint density at radius 2 is 1.38 bits per heavy atom. The Bertz CT molecular complexity index is 201. The molecule has 0 aromatic carbocycles. The highest BCUT2D eigenvalue weighted by atomic mass is 15.2. The molecular formula is C15H33N. The monoisotopic (exact) mass is 227 g/mol. The predicted molar refractivity (Wildman–Crippen MR) is 74.8 cm³/mol. The van der Waals surface area contributed by atoms with Gasteiger partial charge >= 0.3 is 0 Å². The van der Waals surface area contributed by atoms with Gasteiger partial charge in [0.1, 0.15) is 0 Å². The normalized spacial score (nSPS) is 14.2. The van der Waals surface area contributed by atoms with E-state index in [2.05, 4.69) is 67.2 Å². The highest BCUT2D eigenvalue weighted by molar-refractivity contribution is 4.89. The second-order valence-corrected chi connectivity index (χ2v) is 7.01. The molecule has 0 aromatic heterocycles. The summed E-state index contributed by atoms with van der Waals surface area (Å²) in [5, 5.41) is 0. The van der Waals surface area contributed by atoms with Gasteiger partial charge in [-0.15, -0.1) is 0 Å². The van der Waals surface area contributed by atoms with Gasteiger partial charge in [-0.3, -0.25) is 4.90 Å². The lowest BCUT2D eigenvalue weighted by molar-refractivity contribution is 0.0356. The van der Waals surface area contributed by atoms with Crippen LogP contribution in [-0.2, 0) is 0 Å². The Kier molecular flexibility index (Phi) is 5.52. The van der Waals surface area contributed by atoms with Crippen molar-refractivity contribution in [1.82, 2.24) is 4.90 Å². The topological polar surface area (TPSA) is 3.24 Å². The molecule has 0 bridgehead atoms. The fourth-order valence-corrected chi connectivity index (χ4v) is 2.91. The number of rotatable bonds is 6. The zero-order chi connectivity index (χ0) is 13.1. The van der Waals surface area contributed by atoms with Crippen molar-refractivity contribution in [3.8, 4) is 0 Å². The third kappa shape index (κ3) is 4.08. The minimum atomic E-state index is 0.288. The zero-order valence-electron chi connectivity index (χ0n) is 13.0. The number of nitrogens with zero attached hydrogens (tertiary/aromatic N) is 1. The second kappa shape index (κ2) is 5.53. The first-order valence-electron chi connectivity index (χ1n) is 6.81. The van der Waals surface area contributed by atoms with Gasteiger partial charge in [0.25, 0.3) is 0 Å². The van der Waals surface area contributed by atoms with Crippen molar-refractivity contribution < 1.29 is 0 Å². The van der Waals surface area contributed by atoms with Crippen LogP contribution in [0.15, 0.2) is 0 Å². The van der Waals surface area contributed by atoms with E-state index in [4.69, 9.17) is 0 Å². The van der Waals surface area contributed by atoms with Crippen molar-refractivity contribution in [2.45, 2.75) is 80.3 Å². The summed E-state index contributed by atoms with van der Waals surface area (Å²) in [5.74, 6) is 0.734. The van der Waals surface area contributed by atoms with Gasteiger partial charge < -0.3 is 0 Å². The first kappa shape index (κ1) is 16.0. The lowest BCUT2D eigenvalue weighted by atomic mass is 9.72. The van der Waals surface area contributed by atoms with Crippen LogP contribution in [0.4, 0.5) is 0 Å². The summed E-state index contributed by atoms with van der Waals surface area (Å²) < 4.78 is 0. The van der Waals surface area contributed by atoms with Gasteiger partial charge in [0, 0.05) is 11.6 Å². The molecule has 16 heavy (non-hydrogen) atoms. The van der Waals surface area contributed by atoms with Crippen LogP contribution in [-0.4, -0.2) is 23.0 Å². The molecule has 0 saturated heterocycles. The third-order valence-electron chi connectivity index (χ3n) is 4.19.